The molecule has 6 rings (SSSR count). The van der Waals surface area contributed by atoms with Gasteiger partial charge in [0.25, 0.3) is 0 Å². The highest BCUT2D eigenvalue weighted by Crippen LogP contribution is 2.46. The number of fused-ring (bicyclic) bond motifs is 1. The van der Waals surface area contributed by atoms with Gasteiger partial charge in [0.2, 0.25) is 5.91 Å². The number of nitrogens with zero attached hydrogens (tertiary/aromatic N) is 6. The predicted molar refractivity (Wildman–Crippen MR) is 181 cm³/mol. The van der Waals surface area contributed by atoms with Crippen LogP contribution in [0.3, 0.4) is 0 Å². The van der Waals surface area contributed by atoms with E-state index < -0.39 is 0 Å². The van der Waals surface area contributed by atoms with Gasteiger partial charge in [0.1, 0.15) is 0 Å². The smallest absolute Gasteiger partial charge is 0.246 e. The minimum absolute atomic E-state index is 0.0322. The maximum atomic E-state index is 12.8. The van der Waals surface area contributed by atoms with Gasteiger partial charge in [-0.1, -0.05) is 24.6 Å². The van der Waals surface area contributed by atoms with Gasteiger partial charge in [-0.05, 0) is 51.7 Å². The highest BCUT2D eigenvalue weighted by Gasteiger charge is 2.41. The van der Waals surface area contributed by atoms with Gasteiger partial charge < -0.3 is 24.0 Å². The number of nitrogens with one attached hydrogen (secondary N) is 1. The molecule has 0 aliphatic carbocycles. The lowest BCUT2D eigenvalue weighted by Crippen LogP contribution is -2.62. The van der Waals surface area contributed by atoms with Crippen LogP contribution in [-0.4, -0.2) is 120 Å². The standard InChI is InChI=1S/C34H48ClN7O4/c1-6-34(4)22-39(20-26-21-45-16-17-46-26)13-14-41(34)33-30(31-27-19-36-37-28(27)18-23(2)32(31)35)24(3)42(38-33)25-9-11-40(12-10-25)29(43)8-7-15-44-5/h7-8,18-19,25-26H,6,9-17,20-22H2,1-5H3,(H,36,37)/b8-7+/t26-,34+/m1/s1. The van der Waals surface area contributed by atoms with Crippen LogP contribution in [-0.2, 0) is 19.0 Å². The van der Waals surface area contributed by atoms with Gasteiger partial charge in [-0.2, -0.15) is 10.2 Å². The van der Waals surface area contributed by atoms with Gasteiger partial charge >= 0.3 is 0 Å². The molecule has 1 amide bonds. The first-order chi connectivity index (χ1) is 22.2. The molecular formula is C34H48ClN7O4. The Balaban J connectivity index is 1.36. The molecular weight excluding hydrogens is 606 g/mol. The molecule has 2 aromatic heterocycles. The first kappa shape index (κ1) is 33.0. The van der Waals surface area contributed by atoms with Crippen molar-refractivity contribution in [2.75, 3.05) is 77.7 Å². The van der Waals surface area contributed by atoms with Gasteiger partial charge in [-0.3, -0.25) is 19.5 Å². The third-order valence-corrected chi connectivity index (χ3v) is 10.6. The second-order valence-corrected chi connectivity index (χ2v) is 13.5. The normalized spacial score (nSPS) is 23.7. The van der Waals surface area contributed by atoms with Crippen molar-refractivity contribution >= 4 is 34.2 Å². The summed E-state index contributed by atoms with van der Waals surface area (Å²) in [6.45, 7) is 16.1. The lowest BCUT2D eigenvalue weighted by Gasteiger charge is -2.50. The molecule has 0 spiro atoms. The number of likely N-dealkylation sites (tertiary alicyclic amines) is 1. The number of halogens is 1. The van der Waals surface area contributed by atoms with E-state index in [1.807, 2.05) is 18.0 Å². The van der Waals surface area contributed by atoms with Gasteiger partial charge in [0, 0.05) is 74.7 Å². The molecule has 1 N–H and O–H groups in total. The molecule has 3 saturated heterocycles. The zero-order valence-corrected chi connectivity index (χ0v) is 28.6. The summed E-state index contributed by atoms with van der Waals surface area (Å²) in [6, 6.07) is 2.23. The molecule has 0 bridgehead atoms. The van der Waals surface area contributed by atoms with Crippen molar-refractivity contribution in [1.29, 1.82) is 0 Å². The van der Waals surface area contributed by atoms with Crippen molar-refractivity contribution < 1.29 is 19.0 Å². The second kappa shape index (κ2) is 14.0. The highest BCUT2D eigenvalue weighted by molar-refractivity contribution is 6.36. The molecule has 3 aromatic rings. The number of anilines is 1. The van der Waals surface area contributed by atoms with Crippen molar-refractivity contribution in [1.82, 2.24) is 29.8 Å². The number of aromatic nitrogens is 4. The van der Waals surface area contributed by atoms with E-state index in [1.165, 1.54) is 0 Å². The van der Waals surface area contributed by atoms with Gasteiger partial charge in [-0.25, -0.2) is 0 Å². The maximum absolute atomic E-state index is 12.8. The number of carbonyl (C=O) groups is 1. The van der Waals surface area contributed by atoms with Crippen molar-refractivity contribution in [2.24, 2.45) is 0 Å². The zero-order chi connectivity index (χ0) is 32.4. The monoisotopic (exact) mass is 653 g/mol. The number of amides is 1. The third-order valence-electron chi connectivity index (χ3n) is 10.1. The number of aryl methyl sites for hydroxylation is 1. The Morgan fingerprint density at radius 3 is 2.72 bits per heavy atom. The fraction of sp³-hybridized carbons (Fsp3) is 0.618. The summed E-state index contributed by atoms with van der Waals surface area (Å²) >= 11 is 7.19. The Morgan fingerprint density at radius 2 is 2.00 bits per heavy atom. The molecule has 0 radical (unpaired) electrons. The molecule has 11 nitrogen and oxygen atoms in total. The number of H-pyrrole nitrogens is 1. The van der Waals surface area contributed by atoms with Crippen molar-refractivity contribution in [3.05, 3.63) is 40.7 Å². The number of rotatable bonds is 9. The van der Waals surface area contributed by atoms with Crippen LogP contribution >= 0.6 is 11.6 Å². The van der Waals surface area contributed by atoms with E-state index in [0.717, 1.165) is 89.6 Å². The Kier molecular flexibility index (Phi) is 10.1. The van der Waals surface area contributed by atoms with E-state index in [4.69, 9.17) is 30.9 Å². The van der Waals surface area contributed by atoms with Crippen molar-refractivity contribution in [3.8, 4) is 11.1 Å². The average molecular weight is 654 g/mol. The lowest BCUT2D eigenvalue weighted by atomic mass is 9.91. The quantitative estimate of drug-likeness (QED) is 0.330. The number of benzene rings is 1. The first-order valence-corrected chi connectivity index (χ1v) is 17.0. The number of hydrogen-bond donors (Lipinski definition) is 1. The Labute approximate surface area is 276 Å². The number of ether oxygens (including phenoxy) is 3. The summed E-state index contributed by atoms with van der Waals surface area (Å²) in [5.41, 5.74) is 4.93. The SMILES string of the molecule is CC[C@@]1(C)CN(C[C@@H]2COCCO2)CCN1c1nn(C2CCN(C(=O)/C=C/COC)CC2)c(C)c1-c1c(Cl)c(C)cc2[nH]ncc12. The Hall–Kier alpha value is -2.96. The van der Waals surface area contributed by atoms with Crippen LogP contribution < -0.4 is 4.90 Å². The van der Waals surface area contributed by atoms with Crippen molar-refractivity contribution in [3.63, 3.8) is 0 Å². The summed E-state index contributed by atoms with van der Waals surface area (Å²) in [6.07, 6.45) is 7.98. The van der Waals surface area contributed by atoms with Crippen LogP contribution in [0.15, 0.2) is 24.4 Å². The van der Waals surface area contributed by atoms with E-state index in [-0.39, 0.29) is 23.6 Å². The van der Waals surface area contributed by atoms with E-state index in [2.05, 4.69) is 51.5 Å². The van der Waals surface area contributed by atoms with Crippen LogP contribution in [0.5, 0.6) is 0 Å². The van der Waals surface area contributed by atoms with Crippen LogP contribution in [0.2, 0.25) is 5.02 Å². The first-order valence-electron chi connectivity index (χ1n) is 16.6. The fourth-order valence-corrected chi connectivity index (χ4v) is 7.63. The van der Waals surface area contributed by atoms with E-state index >= 15 is 0 Å². The molecule has 250 valence electrons. The molecule has 0 saturated carbocycles. The topological polar surface area (TPSA) is 101 Å². The number of carbonyl (C=O) groups excluding carboxylic acids is 1. The summed E-state index contributed by atoms with van der Waals surface area (Å²) < 4.78 is 19.0. The summed E-state index contributed by atoms with van der Waals surface area (Å²) in [5, 5.41) is 14.7. The molecule has 1 aromatic carbocycles. The largest absolute Gasteiger partial charge is 0.381 e. The second-order valence-electron chi connectivity index (χ2n) is 13.2. The van der Waals surface area contributed by atoms with Gasteiger partial charge in [0.05, 0.1) is 60.8 Å². The zero-order valence-electron chi connectivity index (χ0n) is 27.9. The number of methoxy groups -OCH3 is 1. The van der Waals surface area contributed by atoms with Gasteiger partial charge in [0.15, 0.2) is 5.82 Å². The number of aromatic amines is 1. The summed E-state index contributed by atoms with van der Waals surface area (Å²) in [5.74, 6) is 1.000. The molecule has 3 aliphatic rings. The van der Waals surface area contributed by atoms with E-state index in [9.17, 15) is 4.79 Å². The van der Waals surface area contributed by atoms with Crippen LogP contribution in [0.4, 0.5) is 5.82 Å². The van der Waals surface area contributed by atoms with E-state index in [1.54, 1.807) is 19.3 Å². The van der Waals surface area contributed by atoms with Gasteiger partial charge in [-0.15, -0.1) is 0 Å². The Morgan fingerprint density at radius 1 is 1.20 bits per heavy atom. The molecule has 0 unspecified atom stereocenters. The Bertz CT molecular complexity index is 1560. The molecule has 2 atom stereocenters. The molecule has 3 fully saturated rings. The summed E-state index contributed by atoms with van der Waals surface area (Å²) in [4.78, 5) is 19.7. The highest BCUT2D eigenvalue weighted by atomic mass is 35.5. The minimum atomic E-state index is -0.162. The van der Waals surface area contributed by atoms with Crippen LogP contribution in [0, 0.1) is 13.8 Å². The lowest BCUT2D eigenvalue weighted by molar-refractivity contribution is -0.127. The molecule has 3 aliphatic heterocycles. The van der Waals surface area contributed by atoms with Crippen LogP contribution in [0.25, 0.3) is 22.0 Å². The van der Waals surface area contributed by atoms with Crippen LogP contribution in [0.1, 0.15) is 50.4 Å². The summed E-state index contributed by atoms with van der Waals surface area (Å²) in [7, 11) is 1.63. The van der Waals surface area contributed by atoms with E-state index in [0.29, 0.717) is 39.5 Å². The number of piperidine rings is 1. The number of hydrogen-bond acceptors (Lipinski definition) is 8. The molecule has 12 heteroatoms. The predicted octanol–water partition coefficient (Wildman–Crippen LogP) is 4.77. The molecule has 5 heterocycles. The number of piperazine rings is 1. The third kappa shape index (κ3) is 6.44. The maximum Gasteiger partial charge on any atom is 0.246 e. The minimum Gasteiger partial charge on any atom is -0.381 e. The average Bonchev–Trinajstić information content (AvgIpc) is 3.66. The fourth-order valence-electron chi connectivity index (χ4n) is 7.37. The molecule has 46 heavy (non-hydrogen) atoms. The van der Waals surface area contributed by atoms with Crippen molar-refractivity contribution in [2.45, 2.75) is 64.6 Å².